The van der Waals surface area contributed by atoms with Crippen LogP contribution in [-0.4, -0.2) is 52.9 Å². The maximum atomic E-state index is 12.6. The topological polar surface area (TPSA) is 134 Å². The highest BCUT2D eigenvalue weighted by Crippen LogP contribution is 2.17. The molecule has 1 heterocycles. The first-order chi connectivity index (χ1) is 16.7. The molecule has 184 valence electrons. The van der Waals surface area contributed by atoms with Crippen molar-refractivity contribution in [3.05, 3.63) is 86.6 Å². The van der Waals surface area contributed by atoms with Gasteiger partial charge in [0.2, 0.25) is 5.91 Å². The van der Waals surface area contributed by atoms with Crippen LogP contribution in [0.15, 0.2) is 64.2 Å². The van der Waals surface area contributed by atoms with E-state index in [1.165, 1.54) is 9.47 Å². The summed E-state index contributed by atoms with van der Waals surface area (Å²) in [4.78, 5) is 55.3. The number of likely N-dealkylation sites (N-methyl/N-ethyl adjacent to an activating group) is 1. The monoisotopic (exact) mass is 478 g/mol. The third kappa shape index (κ3) is 5.97. The van der Waals surface area contributed by atoms with E-state index in [1.54, 1.807) is 36.2 Å². The van der Waals surface area contributed by atoms with Gasteiger partial charge in [0.1, 0.15) is 11.5 Å². The van der Waals surface area contributed by atoms with Crippen LogP contribution in [0.1, 0.15) is 29.8 Å². The largest absolute Gasteiger partial charge is 0.383 e. The summed E-state index contributed by atoms with van der Waals surface area (Å²) in [6.07, 6.45) is 0. The summed E-state index contributed by atoms with van der Waals surface area (Å²) in [5, 5.41) is 2.74. The first-order valence-corrected chi connectivity index (χ1v) is 11.3. The highest BCUT2D eigenvalue weighted by molar-refractivity contribution is 5.97. The molecule has 1 aromatic heterocycles. The number of rotatable bonds is 9. The quantitative estimate of drug-likeness (QED) is 0.429. The second-order valence-corrected chi connectivity index (χ2v) is 8.02. The van der Waals surface area contributed by atoms with Gasteiger partial charge in [-0.1, -0.05) is 30.3 Å². The van der Waals surface area contributed by atoms with Crippen molar-refractivity contribution in [2.75, 3.05) is 42.6 Å². The highest BCUT2D eigenvalue weighted by atomic mass is 16.2. The second kappa shape index (κ2) is 11.2. The van der Waals surface area contributed by atoms with Gasteiger partial charge in [-0.3, -0.25) is 23.9 Å². The van der Waals surface area contributed by atoms with Gasteiger partial charge < -0.3 is 20.9 Å². The summed E-state index contributed by atoms with van der Waals surface area (Å²) in [7, 11) is 1.55. The SMILES string of the molecule is CCN(CC)C(=O)c1ccc(NC(=O)CN(C)c2c(N)n(Cc3ccccc3)c(=O)[nH]c2=O)cc1. The molecule has 0 saturated heterocycles. The molecule has 0 aliphatic carbocycles. The molecule has 10 nitrogen and oxygen atoms in total. The number of nitrogens with zero attached hydrogens (tertiary/aromatic N) is 3. The van der Waals surface area contributed by atoms with Crippen LogP contribution in [0.25, 0.3) is 0 Å². The van der Waals surface area contributed by atoms with Gasteiger partial charge in [-0.15, -0.1) is 0 Å². The first-order valence-electron chi connectivity index (χ1n) is 11.3. The van der Waals surface area contributed by atoms with Crippen LogP contribution in [0.4, 0.5) is 17.2 Å². The number of carbonyl (C=O) groups excluding carboxylic acids is 2. The van der Waals surface area contributed by atoms with Gasteiger partial charge in [0.25, 0.3) is 11.5 Å². The molecule has 2 aromatic carbocycles. The Hall–Kier alpha value is -4.34. The summed E-state index contributed by atoms with van der Waals surface area (Å²) in [5.74, 6) is -0.500. The Kier molecular flexibility index (Phi) is 8.08. The maximum Gasteiger partial charge on any atom is 0.330 e. The van der Waals surface area contributed by atoms with Crippen LogP contribution >= 0.6 is 0 Å². The molecule has 0 unspecified atom stereocenters. The zero-order chi connectivity index (χ0) is 25.5. The minimum absolute atomic E-state index is 0.0239. The van der Waals surface area contributed by atoms with Crippen molar-refractivity contribution in [2.45, 2.75) is 20.4 Å². The van der Waals surface area contributed by atoms with E-state index in [9.17, 15) is 19.2 Å². The van der Waals surface area contributed by atoms with E-state index in [1.807, 2.05) is 44.2 Å². The van der Waals surface area contributed by atoms with Gasteiger partial charge in [0, 0.05) is 31.4 Å². The third-order valence-electron chi connectivity index (χ3n) is 5.63. The van der Waals surface area contributed by atoms with Gasteiger partial charge in [-0.05, 0) is 43.7 Å². The molecule has 3 rings (SSSR count). The Morgan fingerprint density at radius 1 is 1.00 bits per heavy atom. The highest BCUT2D eigenvalue weighted by Gasteiger charge is 2.19. The van der Waals surface area contributed by atoms with Crippen molar-refractivity contribution in [2.24, 2.45) is 0 Å². The fourth-order valence-electron chi connectivity index (χ4n) is 3.75. The van der Waals surface area contributed by atoms with Crippen molar-refractivity contribution in [1.82, 2.24) is 14.5 Å². The number of aromatic amines is 1. The molecule has 0 aliphatic heterocycles. The fraction of sp³-hybridized carbons (Fsp3) is 0.280. The first kappa shape index (κ1) is 25.3. The molecule has 10 heteroatoms. The lowest BCUT2D eigenvalue weighted by Crippen LogP contribution is -2.39. The normalized spacial score (nSPS) is 10.6. The van der Waals surface area contributed by atoms with Crippen molar-refractivity contribution < 1.29 is 9.59 Å². The number of nitrogens with two attached hydrogens (primary N) is 1. The molecule has 0 spiro atoms. The molecule has 0 aliphatic rings. The smallest absolute Gasteiger partial charge is 0.330 e. The number of carbonyl (C=O) groups is 2. The van der Waals surface area contributed by atoms with Gasteiger partial charge in [-0.2, -0.15) is 0 Å². The molecule has 0 bridgehead atoms. The number of nitrogens with one attached hydrogen (secondary N) is 2. The second-order valence-electron chi connectivity index (χ2n) is 8.02. The average molecular weight is 479 g/mol. The number of amides is 2. The molecule has 2 amide bonds. The molecule has 0 radical (unpaired) electrons. The van der Waals surface area contributed by atoms with Crippen molar-refractivity contribution in [3.63, 3.8) is 0 Å². The van der Waals surface area contributed by atoms with Gasteiger partial charge in [0.05, 0.1) is 13.1 Å². The zero-order valence-electron chi connectivity index (χ0n) is 20.1. The standard InChI is InChI=1S/C25H30N6O4/c1-4-30(5-2)24(34)18-11-13-19(14-12-18)27-20(32)16-29(3)21-22(26)31(25(35)28-23(21)33)15-17-9-7-6-8-10-17/h6-14H,4-5,15-16,26H2,1-3H3,(H,27,32)(H,28,33,35). The fourth-order valence-corrected chi connectivity index (χ4v) is 3.75. The van der Waals surface area contributed by atoms with E-state index >= 15 is 0 Å². The number of anilines is 3. The Labute approximate surface area is 203 Å². The number of aromatic nitrogens is 2. The molecule has 35 heavy (non-hydrogen) atoms. The number of H-pyrrole nitrogens is 1. The number of nitrogen functional groups attached to an aromatic ring is 1. The lowest BCUT2D eigenvalue weighted by Gasteiger charge is -2.21. The molecule has 4 N–H and O–H groups in total. The number of benzene rings is 2. The van der Waals surface area contributed by atoms with Crippen molar-refractivity contribution >= 4 is 29.0 Å². The molecular weight excluding hydrogens is 448 g/mol. The summed E-state index contributed by atoms with van der Waals surface area (Å²) in [6, 6.07) is 15.8. The van der Waals surface area contributed by atoms with Crippen LogP contribution in [0.3, 0.4) is 0 Å². The Morgan fingerprint density at radius 3 is 2.23 bits per heavy atom. The van der Waals surface area contributed by atoms with Crippen LogP contribution in [0, 0.1) is 0 Å². The van der Waals surface area contributed by atoms with Crippen molar-refractivity contribution in [3.8, 4) is 0 Å². The summed E-state index contributed by atoms with van der Waals surface area (Å²) < 4.78 is 1.26. The predicted octanol–water partition coefficient (Wildman–Crippen LogP) is 1.72. The molecule has 0 fully saturated rings. The van der Waals surface area contributed by atoms with E-state index in [-0.39, 0.29) is 30.5 Å². The van der Waals surface area contributed by atoms with Crippen LogP contribution in [0.2, 0.25) is 0 Å². The Morgan fingerprint density at radius 2 is 1.63 bits per heavy atom. The third-order valence-corrected chi connectivity index (χ3v) is 5.63. The Bertz CT molecular complexity index is 1290. The Balaban J connectivity index is 1.73. The van der Waals surface area contributed by atoms with Gasteiger partial charge >= 0.3 is 5.69 Å². The lowest BCUT2D eigenvalue weighted by atomic mass is 10.1. The van der Waals surface area contributed by atoms with E-state index in [0.717, 1.165) is 5.56 Å². The number of hydrogen-bond donors (Lipinski definition) is 3. The van der Waals surface area contributed by atoms with E-state index in [2.05, 4.69) is 10.3 Å². The van der Waals surface area contributed by atoms with Gasteiger partial charge in [-0.25, -0.2) is 4.79 Å². The van der Waals surface area contributed by atoms with Crippen LogP contribution < -0.4 is 27.2 Å². The molecule has 0 atom stereocenters. The van der Waals surface area contributed by atoms with Crippen LogP contribution in [-0.2, 0) is 11.3 Å². The maximum absolute atomic E-state index is 12.6. The average Bonchev–Trinajstić information content (AvgIpc) is 2.83. The lowest BCUT2D eigenvalue weighted by molar-refractivity contribution is -0.114. The summed E-state index contributed by atoms with van der Waals surface area (Å²) in [6.45, 7) is 5.04. The summed E-state index contributed by atoms with van der Waals surface area (Å²) in [5.41, 5.74) is 6.79. The predicted molar refractivity (Wildman–Crippen MR) is 137 cm³/mol. The summed E-state index contributed by atoms with van der Waals surface area (Å²) >= 11 is 0. The minimum atomic E-state index is -0.675. The molecular formula is C25H30N6O4. The van der Waals surface area contributed by atoms with E-state index in [4.69, 9.17) is 5.73 Å². The van der Waals surface area contributed by atoms with E-state index < -0.39 is 17.2 Å². The van der Waals surface area contributed by atoms with Crippen LogP contribution in [0.5, 0.6) is 0 Å². The molecule has 0 saturated carbocycles. The van der Waals surface area contributed by atoms with Gasteiger partial charge in [0.15, 0.2) is 0 Å². The van der Waals surface area contributed by atoms with Crippen molar-refractivity contribution in [1.29, 1.82) is 0 Å². The zero-order valence-corrected chi connectivity index (χ0v) is 20.1. The number of hydrogen-bond acceptors (Lipinski definition) is 6. The molecule has 3 aromatic rings. The van der Waals surface area contributed by atoms with E-state index in [0.29, 0.717) is 24.3 Å². The minimum Gasteiger partial charge on any atom is -0.383 e.